The molecule has 36 heavy (non-hydrogen) atoms. The highest BCUT2D eigenvalue weighted by Gasteiger charge is 2.49. The summed E-state index contributed by atoms with van der Waals surface area (Å²) in [5.41, 5.74) is 1.60. The first kappa shape index (κ1) is 25.1. The van der Waals surface area contributed by atoms with Gasteiger partial charge in [-0.15, -0.1) is 0 Å². The summed E-state index contributed by atoms with van der Waals surface area (Å²) < 4.78 is 0. The molecule has 9 nitrogen and oxygen atoms in total. The van der Waals surface area contributed by atoms with E-state index in [9.17, 15) is 24.0 Å². The Labute approximate surface area is 209 Å². The summed E-state index contributed by atoms with van der Waals surface area (Å²) in [6, 6.07) is 15.1. The Kier molecular flexibility index (Phi) is 7.77. The molecule has 2 aromatic carbocycles. The Morgan fingerprint density at radius 3 is 2.36 bits per heavy atom. The Hall–Kier alpha value is -4.01. The molecule has 0 spiro atoms. The Balaban J connectivity index is 1.38. The second-order valence-corrected chi connectivity index (χ2v) is 9.26. The highest BCUT2D eigenvalue weighted by atomic mass is 16.2. The van der Waals surface area contributed by atoms with Gasteiger partial charge >= 0.3 is 17.8 Å². The van der Waals surface area contributed by atoms with Crippen molar-refractivity contribution in [1.29, 1.82) is 0 Å². The molecule has 1 heterocycles. The summed E-state index contributed by atoms with van der Waals surface area (Å²) in [6.45, 7) is 1.77. The van der Waals surface area contributed by atoms with Crippen LogP contribution in [0.3, 0.4) is 0 Å². The maximum absolute atomic E-state index is 12.9. The second-order valence-electron chi connectivity index (χ2n) is 9.26. The number of para-hydroxylation sites is 1. The van der Waals surface area contributed by atoms with Crippen LogP contribution in [-0.2, 0) is 20.8 Å². The van der Waals surface area contributed by atoms with E-state index in [0.717, 1.165) is 29.7 Å². The average molecular weight is 491 g/mol. The van der Waals surface area contributed by atoms with Crippen LogP contribution in [0.1, 0.15) is 48.5 Å². The molecule has 1 aliphatic carbocycles. The van der Waals surface area contributed by atoms with E-state index in [1.165, 1.54) is 0 Å². The van der Waals surface area contributed by atoms with E-state index < -0.39 is 30.3 Å². The van der Waals surface area contributed by atoms with Crippen molar-refractivity contribution in [1.82, 2.24) is 15.1 Å². The van der Waals surface area contributed by atoms with Crippen LogP contribution in [0.25, 0.3) is 0 Å². The predicted molar refractivity (Wildman–Crippen MR) is 133 cm³/mol. The lowest BCUT2D eigenvalue weighted by Gasteiger charge is -2.34. The predicted octanol–water partition coefficient (Wildman–Crippen LogP) is 2.97. The molecule has 0 unspecified atom stereocenters. The van der Waals surface area contributed by atoms with E-state index >= 15 is 0 Å². The summed E-state index contributed by atoms with van der Waals surface area (Å²) in [5.74, 6) is -2.82. The molecule has 9 heteroatoms. The van der Waals surface area contributed by atoms with Gasteiger partial charge in [0.1, 0.15) is 6.54 Å². The minimum Gasteiger partial charge on any atom is -0.352 e. The van der Waals surface area contributed by atoms with Gasteiger partial charge in [0.15, 0.2) is 0 Å². The number of hydrogen-bond acceptors (Lipinski definition) is 5. The van der Waals surface area contributed by atoms with E-state index in [-0.39, 0.29) is 29.1 Å². The van der Waals surface area contributed by atoms with Crippen molar-refractivity contribution in [3.63, 3.8) is 0 Å². The summed E-state index contributed by atoms with van der Waals surface area (Å²) in [7, 11) is 0. The second kappa shape index (κ2) is 11.2. The number of hydrogen-bond donors (Lipinski definition) is 2. The summed E-state index contributed by atoms with van der Waals surface area (Å²) >= 11 is 0. The molecule has 1 aliphatic heterocycles. The Bertz CT molecular complexity index is 1170. The zero-order valence-electron chi connectivity index (χ0n) is 20.2. The maximum atomic E-state index is 12.9. The number of carbonyl (C=O) groups excluding carboxylic acids is 5. The largest absolute Gasteiger partial charge is 0.352 e. The van der Waals surface area contributed by atoms with Crippen molar-refractivity contribution in [3.05, 3.63) is 65.7 Å². The van der Waals surface area contributed by atoms with Crippen LogP contribution in [0.4, 0.5) is 10.5 Å². The number of carbonyl (C=O) groups is 5. The van der Waals surface area contributed by atoms with Crippen LogP contribution in [0, 0.1) is 5.92 Å². The molecule has 1 saturated heterocycles. The van der Waals surface area contributed by atoms with Gasteiger partial charge in [-0.3, -0.25) is 24.1 Å². The molecule has 1 saturated carbocycles. The highest BCUT2D eigenvalue weighted by Crippen LogP contribution is 2.31. The average Bonchev–Trinajstić information content (AvgIpc) is 3.08. The van der Waals surface area contributed by atoms with Gasteiger partial charge in [0, 0.05) is 12.6 Å². The van der Waals surface area contributed by atoms with Crippen molar-refractivity contribution < 1.29 is 24.0 Å². The number of amides is 6. The zero-order valence-corrected chi connectivity index (χ0v) is 20.2. The molecule has 6 amide bonds. The van der Waals surface area contributed by atoms with Gasteiger partial charge < -0.3 is 10.6 Å². The Morgan fingerprint density at radius 2 is 1.61 bits per heavy atom. The lowest BCUT2D eigenvalue weighted by atomic mass is 9.85. The van der Waals surface area contributed by atoms with Gasteiger partial charge in [0.25, 0.3) is 5.91 Å². The van der Waals surface area contributed by atoms with E-state index in [0.29, 0.717) is 24.3 Å². The smallest absolute Gasteiger partial charge is 0.334 e. The van der Waals surface area contributed by atoms with Gasteiger partial charge in [0.05, 0.1) is 11.3 Å². The van der Waals surface area contributed by atoms with Crippen molar-refractivity contribution >= 4 is 35.3 Å². The maximum Gasteiger partial charge on any atom is 0.334 e. The first-order valence-electron chi connectivity index (χ1n) is 12.3. The molecule has 0 radical (unpaired) electrons. The monoisotopic (exact) mass is 490 g/mol. The lowest BCUT2D eigenvalue weighted by molar-refractivity contribution is -0.145. The highest BCUT2D eigenvalue weighted by molar-refractivity contribution is 6.45. The summed E-state index contributed by atoms with van der Waals surface area (Å²) in [4.78, 5) is 65.3. The van der Waals surface area contributed by atoms with E-state index in [2.05, 4.69) is 10.6 Å². The number of nitrogens with one attached hydrogen (secondary N) is 2. The molecule has 0 aromatic heterocycles. The zero-order chi connectivity index (χ0) is 25.7. The van der Waals surface area contributed by atoms with Crippen LogP contribution in [0.2, 0.25) is 0 Å². The minimum absolute atomic E-state index is 0.0977. The molecule has 2 fully saturated rings. The van der Waals surface area contributed by atoms with E-state index in [4.69, 9.17) is 0 Å². The molecular formula is C27H30N4O5. The molecule has 188 valence electrons. The fourth-order valence-electron chi connectivity index (χ4n) is 4.82. The van der Waals surface area contributed by atoms with Crippen LogP contribution in [-0.4, -0.2) is 58.6 Å². The fourth-order valence-corrected chi connectivity index (χ4v) is 4.82. The normalized spacial score (nSPS) is 20.0. The fraction of sp³-hybridized carbons (Fsp3) is 0.370. The van der Waals surface area contributed by atoms with Gasteiger partial charge in [-0.2, -0.15) is 0 Å². The third-order valence-electron chi connectivity index (χ3n) is 6.77. The number of anilines is 1. The van der Waals surface area contributed by atoms with Crippen molar-refractivity contribution in [2.45, 2.75) is 45.1 Å². The number of imide groups is 2. The van der Waals surface area contributed by atoms with Crippen molar-refractivity contribution in [2.75, 3.05) is 18.4 Å². The first-order chi connectivity index (χ1) is 17.4. The van der Waals surface area contributed by atoms with Crippen molar-refractivity contribution in [3.8, 4) is 0 Å². The first-order valence-corrected chi connectivity index (χ1v) is 12.3. The minimum atomic E-state index is -1.00. The topological polar surface area (TPSA) is 116 Å². The van der Waals surface area contributed by atoms with E-state index in [1.807, 2.05) is 37.3 Å². The van der Waals surface area contributed by atoms with Crippen LogP contribution >= 0.6 is 0 Å². The van der Waals surface area contributed by atoms with Crippen LogP contribution in [0.15, 0.2) is 54.6 Å². The molecular weight excluding hydrogens is 460 g/mol. The van der Waals surface area contributed by atoms with Gasteiger partial charge in [-0.1, -0.05) is 62.2 Å². The van der Waals surface area contributed by atoms with Crippen LogP contribution in [0.5, 0.6) is 0 Å². The molecule has 2 aromatic rings. The molecule has 0 bridgehead atoms. The van der Waals surface area contributed by atoms with Gasteiger partial charge in [-0.25, -0.2) is 9.69 Å². The van der Waals surface area contributed by atoms with Gasteiger partial charge in [0.2, 0.25) is 5.91 Å². The molecule has 2 atom stereocenters. The SMILES string of the molecule is C[C@H]1CCCC[C@@H]1N1C(=O)C(=O)N(CC(=O)Nc2ccccc2C(=O)NCCc2ccccc2)C1=O. The lowest BCUT2D eigenvalue weighted by Crippen LogP contribution is -2.46. The third-order valence-corrected chi connectivity index (χ3v) is 6.77. The third kappa shape index (κ3) is 5.45. The molecule has 4 rings (SSSR count). The summed E-state index contributed by atoms with van der Waals surface area (Å²) in [5, 5.41) is 5.45. The number of rotatable bonds is 8. The van der Waals surface area contributed by atoms with Crippen molar-refractivity contribution in [2.24, 2.45) is 5.92 Å². The summed E-state index contributed by atoms with van der Waals surface area (Å²) in [6.07, 6.45) is 4.09. The van der Waals surface area contributed by atoms with Gasteiger partial charge in [-0.05, 0) is 42.9 Å². The standard InChI is InChI=1S/C27H30N4O5/c1-18-9-5-8-14-22(18)31-26(35)25(34)30(27(31)36)17-23(32)29-21-13-7-6-12-20(21)24(33)28-16-15-19-10-3-2-4-11-19/h2-4,6-7,10-13,18,22H,5,8-9,14-17H2,1H3,(H,28,33)(H,29,32)/t18-,22-/m0/s1. The van der Waals surface area contributed by atoms with E-state index in [1.54, 1.807) is 24.3 Å². The molecule has 2 aliphatic rings. The number of urea groups is 1. The number of nitrogens with zero attached hydrogens (tertiary/aromatic N) is 2. The number of benzene rings is 2. The quantitative estimate of drug-likeness (QED) is 0.436. The van der Waals surface area contributed by atoms with Crippen LogP contribution < -0.4 is 10.6 Å². The Morgan fingerprint density at radius 1 is 0.917 bits per heavy atom. The molecule has 2 N–H and O–H groups in total.